The molecule has 0 saturated carbocycles. The second-order valence-electron chi connectivity index (χ2n) is 5.30. The molecule has 0 fully saturated rings. The molecule has 0 amide bonds. The Labute approximate surface area is 124 Å². The Morgan fingerprint density at radius 1 is 1.10 bits per heavy atom. The Bertz CT molecular complexity index is 672. The third-order valence-electron chi connectivity index (χ3n) is 3.94. The first kappa shape index (κ1) is 13.6. The first-order valence-corrected chi connectivity index (χ1v) is 7.19. The highest BCUT2D eigenvalue weighted by Crippen LogP contribution is 2.31. The normalized spacial score (nSPS) is 18.6. The van der Waals surface area contributed by atoms with Crippen molar-refractivity contribution in [3.63, 3.8) is 0 Å². The summed E-state index contributed by atoms with van der Waals surface area (Å²) in [5.74, 6) is 0. The van der Waals surface area contributed by atoms with Gasteiger partial charge in [-0.1, -0.05) is 59.8 Å². The molecule has 2 aromatic carbocycles. The molecule has 1 atom stereocenters. The van der Waals surface area contributed by atoms with Gasteiger partial charge in [0.1, 0.15) is 0 Å². The molecule has 0 spiro atoms. The molecule has 21 heavy (non-hydrogen) atoms. The van der Waals surface area contributed by atoms with E-state index in [2.05, 4.69) is 41.6 Å². The summed E-state index contributed by atoms with van der Waals surface area (Å²) in [7, 11) is 0. The predicted molar refractivity (Wildman–Crippen MR) is 85.4 cm³/mol. The summed E-state index contributed by atoms with van der Waals surface area (Å²) in [5, 5.41) is 12.0. The van der Waals surface area contributed by atoms with Crippen LogP contribution in [0.4, 0.5) is 0 Å². The van der Waals surface area contributed by atoms with E-state index in [0.717, 1.165) is 18.4 Å². The van der Waals surface area contributed by atoms with Crippen LogP contribution in [0.3, 0.4) is 0 Å². The summed E-state index contributed by atoms with van der Waals surface area (Å²) in [4.78, 5) is 4.86. The van der Waals surface area contributed by atoms with Gasteiger partial charge >= 0.3 is 0 Å². The van der Waals surface area contributed by atoms with Crippen molar-refractivity contribution in [1.82, 2.24) is 0 Å². The monoisotopic (exact) mass is 278 g/mol. The van der Waals surface area contributed by atoms with Gasteiger partial charge in [0, 0.05) is 5.71 Å². The van der Waals surface area contributed by atoms with Crippen LogP contribution >= 0.6 is 0 Å². The van der Waals surface area contributed by atoms with Gasteiger partial charge in [-0.25, -0.2) is 0 Å². The SMILES string of the molecule is C/C(=N\O)c1ccc(C2CCC(c3ccccc3)=N2)cc1. The maximum absolute atomic E-state index is 8.80. The number of benzene rings is 2. The van der Waals surface area contributed by atoms with Crippen LogP contribution in [0.2, 0.25) is 0 Å². The van der Waals surface area contributed by atoms with Crippen LogP contribution in [0.1, 0.15) is 42.5 Å². The third kappa shape index (κ3) is 2.87. The molecule has 1 heterocycles. The summed E-state index contributed by atoms with van der Waals surface area (Å²) >= 11 is 0. The Morgan fingerprint density at radius 3 is 2.48 bits per heavy atom. The average molecular weight is 278 g/mol. The number of hydrogen-bond acceptors (Lipinski definition) is 3. The predicted octanol–water partition coefficient (Wildman–Crippen LogP) is 4.21. The highest BCUT2D eigenvalue weighted by molar-refractivity contribution is 6.01. The van der Waals surface area contributed by atoms with Crippen LogP contribution in [0, 0.1) is 0 Å². The molecule has 106 valence electrons. The van der Waals surface area contributed by atoms with Crippen LogP contribution < -0.4 is 0 Å². The molecule has 1 aliphatic heterocycles. The molecule has 3 rings (SSSR count). The second kappa shape index (κ2) is 5.92. The summed E-state index contributed by atoms with van der Waals surface area (Å²) in [6.45, 7) is 1.79. The first-order chi connectivity index (χ1) is 10.3. The average Bonchev–Trinajstić information content (AvgIpc) is 3.05. The van der Waals surface area contributed by atoms with E-state index in [0.29, 0.717) is 5.71 Å². The van der Waals surface area contributed by atoms with E-state index in [4.69, 9.17) is 10.2 Å². The van der Waals surface area contributed by atoms with Gasteiger partial charge in [0.05, 0.1) is 11.8 Å². The Kier molecular flexibility index (Phi) is 3.82. The van der Waals surface area contributed by atoms with Crippen molar-refractivity contribution in [2.75, 3.05) is 0 Å². The summed E-state index contributed by atoms with van der Waals surface area (Å²) < 4.78 is 0. The van der Waals surface area contributed by atoms with Crippen LogP contribution in [0.15, 0.2) is 64.7 Å². The molecule has 3 heteroatoms. The minimum atomic E-state index is 0.237. The van der Waals surface area contributed by atoms with Crippen molar-refractivity contribution in [2.45, 2.75) is 25.8 Å². The molecular formula is C18H18N2O. The van der Waals surface area contributed by atoms with Crippen molar-refractivity contribution in [1.29, 1.82) is 0 Å². The van der Waals surface area contributed by atoms with E-state index in [1.54, 1.807) is 6.92 Å². The van der Waals surface area contributed by atoms with E-state index in [1.807, 2.05) is 18.2 Å². The van der Waals surface area contributed by atoms with Gasteiger partial charge in [0.15, 0.2) is 0 Å². The van der Waals surface area contributed by atoms with E-state index >= 15 is 0 Å². The Hall–Kier alpha value is -2.42. The lowest BCUT2D eigenvalue weighted by molar-refractivity contribution is 0.319. The molecule has 0 radical (unpaired) electrons. The minimum Gasteiger partial charge on any atom is -0.411 e. The van der Waals surface area contributed by atoms with Crippen LogP contribution in [0.5, 0.6) is 0 Å². The molecule has 0 aliphatic carbocycles. The van der Waals surface area contributed by atoms with Crippen molar-refractivity contribution >= 4 is 11.4 Å². The smallest absolute Gasteiger partial charge is 0.0836 e. The van der Waals surface area contributed by atoms with Crippen molar-refractivity contribution in [3.8, 4) is 0 Å². The van der Waals surface area contributed by atoms with Crippen LogP contribution in [0.25, 0.3) is 0 Å². The van der Waals surface area contributed by atoms with E-state index < -0.39 is 0 Å². The fourth-order valence-corrected chi connectivity index (χ4v) is 2.69. The highest BCUT2D eigenvalue weighted by Gasteiger charge is 2.19. The third-order valence-corrected chi connectivity index (χ3v) is 3.94. The van der Waals surface area contributed by atoms with Gasteiger partial charge in [0.25, 0.3) is 0 Å². The summed E-state index contributed by atoms with van der Waals surface area (Å²) in [6, 6.07) is 18.7. The molecule has 0 bridgehead atoms. The number of oxime groups is 1. The fraction of sp³-hybridized carbons (Fsp3) is 0.222. The summed E-state index contributed by atoms with van der Waals surface area (Å²) in [6.07, 6.45) is 2.07. The Morgan fingerprint density at radius 2 is 1.81 bits per heavy atom. The van der Waals surface area contributed by atoms with Crippen LogP contribution in [-0.2, 0) is 0 Å². The second-order valence-corrected chi connectivity index (χ2v) is 5.30. The van der Waals surface area contributed by atoms with Gasteiger partial charge in [-0.05, 0) is 36.5 Å². The molecule has 2 aromatic rings. The molecule has 1 N–H and O–H groups in total. The van der Waals surface area contributed by atoms with E-state index in [9.17, 15) is 0 Å². The lowest BCUT2D eigenvalue weighted by Gasteiger charge is -2.07. The van der Waals surface area contributed by atoms with Crippen molar-refractivity contribution < 1.29 is 5.21 Å². The zero-order valence-corrected chi connectivity index (χ0v) is 12.0. The largest absolute Gasteiger partial charge is 0.411 e. The number of rotatable bonds is 3. The van der Waals surface area contributed by atoms with Crippen molar-refractivity contribution in [3.05, 3.63) is 71.3 Å². The molecule has 0 saturated heterocycles. The molecular weight excluding hydrogens is 260 g/mol. The number of nitrogens with zero attached hydrogens (tertiary/aromatic N) is 2. The van der Waals surface area contributed by atoms with E-state index in [1.165, 1.54) is 16.8 Å². The lowest BCUT2D eigenvalue weighted by atomic mass is 10.0. The fourth-order valence-electron chi connectivity index (χ4n) is 2.69. The summed E-state index contributed by atoms with van der Waals surface area (Å²) in [5.41, 5.74) is 5.20. The van der Waals surface area contributed by atoms with Crippen molar-refractivity contribution in [2.24, 2.45) is 10.1 Å². The van der Waals surface area contributed by atoms with Gasteiger partial charge in [-0.3, -0.25) is 4.99 Å². The van der Waals surface area contributed by atoms with E-state index in [-0.39, 0.29) is 6.04 Å². The quantitative estimate of drug-likeness (QED) is 0.510. The maximum Gasteiger partial charge on any atom is 0.0836 e. The minimum absolute atomic E-state index is 0.237. The topological polar surface area (TPSA) is 45.0 Å². The van der Waals surface area contributed by atoms with Gasteiger partial charge in [-0.2, -0.15) is 0 Å². The lowest BCUT2D eigenvalue weighted by Crippen LogP contribution is -1.96. The molecule has 3 nitrogen and oxygen atoms in total. The molecule has 1 unspecified atom stereocenters. The standard InChI is InChI=1S/C18H18N2O/c1-13(20-21)14-7-9-16(10-8-14)18-12-11-17(19-18)15-5-3-2-4-6-15/h2-10,18,21H,11-12H2,1H3/b20-13+. The zero-order chi connectivity index (χ0) is 14.7. The Balaban J connectivity index is 1.81. The van der Waals surface area contributed by atoms with Gasteiger partial charge in [0.2, 0.25) is 0 Å². The number of hydrogen-bond donors (Lipinski definition) is 1. The maximum atomic E-state index is 8.80. The van der Waals surface area contributed by atoms with Gasteiger partial charge < -0.3 is 5.21 Å². The molecule has 0 aromatic heterocycles. The highest BCUT2D eigenvalue weighted by atomic mass is 16.4. The number of aliphatic imine (C=N–C) groups is 1. The zero-order valence-electron chi connectivity index (χ0n) is 12.0. The van der Waals surface area contributed by atoms with Gasteiger partial charge in [-0.15, -0.1) is 0 Å². The first-order valence-electron chi connectivity index (χ1n) is 7.19. The molecule has 1 aliphatic rings. The van der Waals surface area contributed by atoms with Crippen LogP contribution in [-0.4, -0.2) is 16.6 Å².